The first kappa shape index (κ1) is 70.0. The molecular formula is C69H108O6. The van der Waals surface area contributed by atoms with Crippen molar-refractivity contribution < 1.29 is 28.6 Å². The topological polar surface area (TPSA) is 78.9 Å². The predicted molar refractivity (Wildman–Crippen MR) is 325 cm³/mol. The Balaban J connectivity index is 4.39. The van der Waals surface area contributed by atoms with E-state index in [-0.39, 0.29) is 37.5 Å². The average Bonchev–Trinajstić information content (AvgIpc) is 3.41. The van der Waals surface area contributed by atoms with Gasteiger partial charge in [0.05, 0.1) is 0 Å². The molecule has 6 nitrogen and oxygen atoms in total. The maximum atomic E-state index is 12.8. The lowest BCUT2D eigenvalue weighted by atomic mass is 10.1. The van der Waals surface area contributed by atoms with Crippen LogP contribution in [0.5, 0.6) is 0 Å². The van der Waals surface area contributed by atoms with Crippen LogP contribution in [0, 0.1) is 0 Å². The molecule has 6 heteroatoms. The molecule has 0 saturated heterocycles. The summed E-state index contributed by atoms with van der Waals surface area (Å²) in [6.07, 6.45) is 89.6. The molecule has 0 bridgehead atoms. The van der Waals surface area contributed by atoms with Crippen molar-refractivity contribution in [2.24, 2.45) is 0 Å². The zero-order valence-corrected chi connectivity index (χ0v) is 48.0. The van der Waals surface area contributed by atoms with E-state index < -0.39 is 6.10 Å². The Morgan fingerprint density at radius 3 is 0.840 bits per heavy atom. The van der Waals surface area contributed by atoms with Crippen LogP contribution in [-0.2, 0) is 28.6 Å². The van der Waals surface area contributed by atoms with Gasteiger partial charge in [-0.05, 0) is 141 Å². The third-order valence-corrected chi connectivity index (χ3v) is 12.0. The van der Waals surface area contributed by atoms with Gasteiger partial charge in [0.1, 0.15) is 13.2 Å². The zero-order chi connectivity index (χ0) is 54.3. The van der Waals surface area contributed by atoms with Crippen LogP contribution in [0.2, 0.25) is 0 Å². The van der Waals surface area contributed by atoms with Crippen molar-refractivity contribution in [3.63, 3.8) is 0 Å². The average molecular weight is 1030 g/mol. The summed E-state index contributed by atoms with van der Waals surface area (Å²) in [5, 5.41) is 0. The number of hydrogen-bond acceptors (Lipinski definition) is 6. The van der Waals surface area contributed by atoms with Gasteiger partial charge in [0, 0.05) is 19.3 Å². The largest absolute Gasteiger partial charge is 0.462 e. The molecule has 0 aromatic heterocycles. The first-order valence-electron chi connectivity index (χ1n) is 30.0. The molecule has 1 atom stereocenters. The zero-order valence-electron chi connectivity index (χ0n) is 48.0. The molecule has 420 valence electrons. The van der Waals surface area contributed by atoms with Crippen LogP contribution >= 0.6 is 0 Å². The molecule has 0 aromatic rings. The first-order valence-corrected chi connectivity index (χ1v) is 30.0. The number of unbranched alkanes of at least 4 members (excludes halogenated alkanes) is 15. The fraction of sp³-hybridized carbons (Fsp3) is 0.580. The highest BCUT2D eigenvalue weighted by molar-refractivity contribution is 5.71. The quantitative estimate of drug-likeness (QED) is 0.0261. The Labute approximate surface area is 460 Å². The van der Waals surface area contributed by atoms with Gasteiger partial charge in [-0.25, -0.2) is 0 Å². The molecule has 0 fully saturated rings. The minimum absolute atomic E-state index is 0.112. The van der Waals surface area contributed by atoms with E-state index in [1.54, 1.807) is 0 Å². The number of hydrogen-bond donors (Lipinski definition) is 0. The smallest absolute Gasteiger partial charge is 0.306 e. The molecule has 1 unspecified atom stereocenters. The maximum absolute atomic E-state index is 12.8. The van der Waals surface area contributed by atoms with E-state index in [0.717, 1.165) is 161 Å². The number of allylic oxidation sites excluding steroid dienone is 26. The van der Waals surface area contributed by atoms with Crippen LogP contribution in [-0.4, -0.2) is 37.2 Å². The van der Waals surface area contributed by atoms with Gasteiger partial charge in [0.2, 0.25) is 0 Å². The lowest BCUT2D eigenvalue weighted by Gasteiger charge is -2.18. The molecule has 0 aliphatic carbocycles. The summed E-state index contributed by atoms with van der Waals surface area (Å²) in [4.78, 5) is 38.2. The molecule has 0 spiro atoms. The van der Waals surface area contributed by atoms with Gasteiger partial charge in [-0.15, -0.1) is 0 Å². The van der Waals surface area contributed by atoms with Crippen molar-refractivity contribution in [1.82, 2.24) is 0 Å². The Morgan fingerprint density at radius 2 is 0.520 bits per heavy atom. The highest BCUT2D eigenvalue weighted by atomic mass is 16.6. The maximum Gasteiger partial charge on any atom is 0.306 e. The van der Waals surface area contributed by atoms with Crippen LogP contribution in [0.15, 0.2) is 158 Å². The monoisotopic (exact) mass is 1030 g/mol. The SMILES string of the molecule is CC/C=C\C/C=C\C/C=C\C/C=C\C/C=C\C/C=C\C/C=C\CCCCCCCCCC(=O)OCC(COC(=O)CCCCCCC/C=C\C/C=C\CCC)OC(=O)CCCC/C=C\C/C=C\C/C=C\C/C=C\CC. The number of carbonyl (C=O) groups excluding carboxylic acids is 3. The van der Waals surface area contributed by atoms with E-state index in [1.807, 2.05) is 0 Å². The van der Waals surface area contributed by atoms with Gasteiger partial charge in [-0.1, -0.05) is 237 Å². The molecule has 0 heterocycles. The van der Waals surface area contributed by atoms with E-state index in [2.05, 4.69) is 179 Å². The molecule has 0 radical (unpaired) electrons. The molecule has 0 aliphatic heterocycles. The summed E-state index contributed by atoms with van der Waals surface area (Å²) in [5.74, 6) is -0.986. The standard InChI is InChI=1S/C69H108O6/c1-4-7-10-13-16-19-22-25-27-28-29-30-31-32-33-34-35-36-37-38-39-40-42-44-47-50-53-56-59-62-68(71)74-65-66(64-73-67(70)61-58-55-52-49-46-43-24-21-18-15-12-9-6-3)75-69(72)63-60-57-54-51-48-45-41-26-23-20-17-14-11-8-5-2/h7-8,10-12,15-17,19-21,24-27,29-30,32-33,35-36,38-39,41,48,51,66H,4-6,9,13-14,18,22-23,28,31,34,37,40,42-47,49-50,52-65H2,1-3H3/b10-7-,11-8-,15-12-,19-16-,20-17-,24-21-,27-25-,30-29-,33-32-,36-35-,39-38-,41-26-,51-48-. The van der Waals surface area contributed by atoms with Gasteiger partial charge in [-0.2, -0.15) is 0 Å². The Hall–Kier alpha value is -4.97. The third kappa shape index (κ3) is 59.8. The fourth-order valence-corrected chi connectivity index (χ4v) is 7.57. The number of rotatable bonds is 52. The minimum atomic E-state index is -0.818. The van der Waals surface area contributed by atoms with Gasteiger partial charge >= 0.3 is 17.9 Å². The van der Waals surface area contributed by atoms with Crippen LogP contribution in [0.25, 0.3) is 0 Å². The van der Waals surface area contributed by atoms with Crippen molar-refractivity contribution in [3.8, 4) is 0 Å². The lowest BCUT2D eigenvalue weighted by Crippen LogP contribution is -2.30. The second-order valence-corrected chi connectivity index (χ2v) is 19.1. The summed E-state index contributed by atoms with van der Waals surface area (Å²) in [7, 11) is 0. The number of ether oxygens (including phenoxy) is 3. The Kier molecular flexibility index (Phi) is 57.5. The van der Waals surface area contributed by atoms with Crippen molar-refractivity contribution >= 4 is 17.9 Å². The fourth-order valence-electron chi connectivity index (χ4n) is 7.57. The molecular weight excluding hydrogens is 925 g/mol. The van der Waals surface area contributed by atoms with Gasteiger partial charge in [0.25, 0.3) is 0 Å². The van der Waals surface area contributed by atoms with E-state index in [1.165, 1.54) is 32.1 Å². The highest BCUT2D eigenvalue weighted by Crippen LogP contribution is 2.13. The highest BCUT2D eigenvalue weighted by Gasteiger charge is 2.19. The summed E-state index contributed by atoms with van der Waals surface area (Å²) in [5.41, 5.74) is 0. The molecule has 0 amide bonds. The molecule has 0 saturated carbocycles. The summed E-state index contributed by atoms with van der Waals surface area (Å²) < 4.78 is 16.8. The lowest BCUT2D eigenvalue weighted by molar-refractivity contribution is -0.167. The summed E-state index contributed by atoms with van der Waals surface area (Å²) in [6.45, 7) is 6.27. The summed E-state index contributed by atoms with van der Waals surface area (Å²) in [6, 6.07) is 0. The number of carbonyl (C=O) groups is 3. The van der Waals surface area contributed by atoms with Crippen LogP contribution in [0.4, 0.5) is 0 Å². The van der Waals surface area contributed by atoms with E-state index in [9.17, 15) is 14.4 Å². The van der Waals surface area contributed by atoms with Gasteiger partial charge < -0.3 is 14.2 Å². The molecule has 75 heavy (non-hydrogen) atoms. The van der Waals surface area contributed by atoms with E-state index in [0.29, 0.717) is 19.3 Å². The second-order valence-electron chi connectivity index (χ2n) is 19.1. The van der Waals surface area contributed by atoms with Crippen LogP contribution in [0.1, 0.15) is 239 Å². The Morgan fingerprint density at radius 1 is 0.280 bits per heavy atom. The second kappa shape index (κ2) is 61.6. The predicted octanol–water partition coefficient (Wildman–Crippen LogP) is 20.5. The molecule has 0 rings (SSSR count). The van der Waals surface area contributed by atoms with Crippen LogP contribution < -0.4 is 0 Å². The first-order chi connectivity index (χ1) is 37.0. The van der Waals surface area contributed by atoms with Crippen molar-refractivity contribution in [2.45, 2.75) is 245 Å². The summed E-state index contributed by atoms with van der Waals surface area (Å²) >= 11 is 0. The Bertz CT molecular complexity index is 1710. The normalized spacial score (nSPS) is 13.3. The number of esters is 3. The molecule has 0 aromatic carbocycles. The minimum Gasteiger partial charge on any atom is -0.462 e. The molecule has 0 aliphatic rings. The van der Waals surface area contributed by atoms with Gasteiger partial charge in [0.15, 0.2) is 6.10 Å². The van der Waals surface area contributed by atoms with Gasteiger partial charge in [-0.3, -0.25) is 14.4 Å². The molecule has 0 N–H and O–H groups in total. The van der Waals surface area contributed by atoms with Crippen molar-refractivity contribution in [3.05, 3.63) is 158 Å². The van der Waals surface area contributed by atoms with E-state index >= 15 is 0 Å². The van der Waals surface area contributed by atoms with E-state index in [4.69, 9.17) is 14.2 Å². The van der Waals surface area contributed by atoms with Crippen molar-refractivity contribution in [1.29, 1.82) is 0 Å². The van der Waals surface area contributed by atoms with Crippen LogP contribution in [0.3, 0.4) is 0 Å². The third-order valence-electron chi connectivity index (χ3n) is 12.0. The van der Waals surface area contributed by atoms with Crippen molar-refractivity contribution in [2.75, 3.05) is 13.2 Å².